The van der Waals surface area contributed by atoms with Crippen LogP contribution in [0.15, 0.2) is 18.2 Å². The summed E-state index contributed by atoms with van der Waals surface area (Å²) in [4.78, 5) is 11.4. The van der Waals surface area contributed by atoms with Crippen LogP contribution in [0.1, 0.15) is 29.7 Å². The van der Waals surface area contributed by atoms with Gasteiger partial charge in [0, 0.05) is 0 Å². The fraction of sp³-hybridized carbons (Fsp3) is 0.385. The lowest BCUT2D eigenvalue weighted by molar-refractivity contribution is -0.144. The molecule has 2 atom stereocenters. The number of carbonyl (C=O) groups excluding carboxylic acids is 1. The minimum Gasteiger partial charge on any atom is -0.464 e. The van der Waals surface area contributed by atoms with Gasteiger partial charge in [-0.25, -0.2) is 4.79 Å². The fourth-order valence-electron chi connectivity index (χ4n) is 1.82. The summed E-state index contributed by atoms with van der Waals surface area (Å²) in [7, 11) is 0. The first-order valence-corrected chi connectivity index (χ1v) is 5.50. The first-order valence-electron chi connectivity index (χ1n) is 5.50. The number of hydrogen-bond donors (Lipinski definition) is 0. The molecule has 0 saturated carbocycles. The van der Waals surface area contributed by atoms with Crippen LogP contribution in [-0.2, 0) is 14.3 Å². The lowest BCUT2D eigenvalue weighted by atomic mass is 10.0. The fourth-order valence-corrected chi connectivity index (χ4v) is 1.82. The zero-order chi connectivity index (χ0) is 12.4. The van der Waals surface area contributed by atoms with Gasteiger partial charge in [0.15, 0.2) is 6.10 Å². The highest BCUT2D eigenvalue weighted by Crippen LogP contribution is 2.40. The second-order valence-corrected chi connectivity index (χ2v) is 3.91. The van der Waals surface area contributed by atoms with E-state index in [-0.39, 0.29) is 12.1 Å². The molecule has 4 nitrogen and oxygen atoms in total. The molecule has 0 aliphatic carbocycles. The molecular formula is C13H13NO3. The van der Waals surface area contributed by atoms with E-state index >= 15 is 0 Å². The Morgan fingerprint density at radius 3 is 2.94 bits per heavy atom. The molecule has 1 aromatic carbocycles. The van der Waals surface area contributed by atoms with Crippen LogP contribution < -0.4 is 0 Å². The molecule has 1 heterocycles. The number of rotatable bonds is 3. The zero-order valence-corrected chi connectivity index (χ0v) is 9.77. The van der Waals surface area contributed by atoms with E-state index in [1.54, 1.807) is 19.1 Å². The zero-order valence-electron chi connectivity index (χ0n) is 9.77. The minimum absolute atomic E-state index is 0.221. The Balaban J connectivity index is 2.11. The van der Waals surface area contributed by atoms with Gasteiger partial charge in [0.25, 0.3) is 0 Å². The molecule has 0 bridgehead atoms. The van der Waals surface area contributed by atoms with Crippen LogP contribution in [0.25, 0.3) is 0 Å². The highest BCUT2D eigenvalue weighted by atomic mass is 16.6. The Kier molecular flexibility index (Phi) is 3.12. The summed E-state index contributed by atoms with van der Waals surface area (Å²) >= 11 is 0. The smallest absolute Gasteiger partial charge is 0.338 e. The second kappa shape index (κ2) is 4.56. The van der Waals surface area contributed by atoms with Crippen LogP contribution in [0.2, 0.25) is 0 Å². The lowest BCUT2D eigenvalue weighted by Gasteiger charge is -2.02. The van der Waals surface area contributed by atoms with E-state index in [4.69, 9.17) is 14.7 Å². The van der Waals surface area contributed by atoms with E-state index in [9.17, 15) is 4.79 Å². The molecule has 1 fully saturated rings. The van der Waals surface area contributed by atoms with Crippen molar-refractivity contribution in [3.8, 4) is 6.07 Å². The van der Waals surface area contributed by atoms with Gasteiger partial charge in [0.05, 0.1) is 18.2 Å². The van der Waals surface area contributed by atoms with Crippen LogP contribution in [0.3, 0.4) is 0 Å². The molecular weight excluding hydrogens is 218 g/mol. The summed E-state index contributed by atoms with van der Waals surface area (Å²) in [6.45, 7) is 4.03. The van der Waals surface area contributed by atoms with Crippen molar-refractivity contribution in [2.24, 2.45) is 0 Å². The minimum atomic E-state index is -0.485. The Morgan fingerprint density at radius 1 is 1.59 bits per heavy atom. The van der Waals surface area contributed by atoms with Gasteiger partial charge in [-0.2, -0.15) is 5.26 Å². The van der Waals surface area contributed by atoms with Gasteiger partial charge >= 0.3 is 5.97 Å². The normalized spacial score (nSPS) is 21.7. The van der Waals surface area contributed by atoms with Crippen LogP contribution in [0, 0.1) is 18.3 Å². The van der Waals surface area contributed by atoms with E-state index in [1.807, 2.05) is 13.0 Å². The largest absolute Gasteiger partial charge is 0.464 e. The van der Waals surface area contributed by atoms with Crippen molar-refractivity contribution in [2.75, 3.05) is 6.61 Å². The molecule has 17 heavy (non-hydrogen) atoms. The highest BCUT2D eigenvalue weighted by molar-refractivity contribution is 5.78. The number of nitrogens with zero attached hydrogens (tertiary/aromatic N) is 1. The molecule has 0 N–H and O–H groups in total. The predicted octanol–water partition coefficient (Wildman–Crippen LogP) is 1.87. The van der Waals surface area contributed by atoms with Gasteiger partial charge in [-0.05, 0) is 37.1 Å². The van der Waals surface area contributed by atoms with Gasteiger partial charge in [-0.15, -0.1) is 0 Å². The van der Waals surface area contributed by atoms with Gasteiger partial charge in [0.2, 0.25) is 0 Å². The van der Waals surface area contributed by atoms with Crippen LogP contribution in [0.5, 0.6) is 0 Å². The molecule has 2 rings (SSSR count). The van der Waals surface area contributed by atoms with Gasteiger partial charge < -0.3 is 9.47 Å². The molecule has 0 aromatic heterocycles. The average molecular weight is 231 g/mol. The lowest BCUT2D eigenvalue weighted by Crippen LogP contribution is -2.12. The molecule has 1 aromatic rings. The molecule has 1 aliphatic rings. The predicted molar refractivity (Wildman–Crippen MR) is 60.1 cm³/mol. The standard InChI is InChI=1S/C13H13NO3/c1-3-16-13(15)12-11(17-12)10-5-4-9(7-14)6-8(10)2/h4-6,11-12H,3H2,1-2H3/t11-,12-/m1/s1. The van der Waals surface area contributed by atoms with Crippen LogP contribution in [-0.4, -0.2) is 18.7 Å². The Hall–Kier alpha value is -1.86. The number of ether oxygens (including phenoxy) is 2. The number of epoxide rings is 1. The van der Waals surface area contributed by atoms with Crippen molar-refractivity contribution in [3.63, 3.8) is 0 Å². The molecule has 0 spiro atoms. The Morgan fingerprint density at radius 2 is 2.35 bits per heavy atom. The Labute approximate surface area is 99.8 Å². The topological polar surface area (TPSA) is 62.6 Å². The van der Waals surface area contributed by atoms with Crippen LogP contribution >= 0.6 is 0 Å². The highest BCUT2D eigenvalue weighted by Gasteiger charge is 2.47. The summed E-state index contributed by atoms with van der Waals surface area (Å²) in [5.41, 5.74) is 2.52. The van der Waals surface area contributed by atoms with E-state index in [2.05, 4.69) is 6.07 Å². The van der Waals surface area contributed by atoms with Gasteiger partial charge in [-0.1, -0.05) is 6.07 Å². The summed E-state index contributed by atoms with van der Waals surface area (Å²) in [6, 6.07) is 7.43. The molecule has 1 saturated heterocycles. The van der Waals surface area contributed by atoms with Crippen molar-refractivity contribution < 1.29 is 14.3 Å². The maximum Gasteiger partial charge on any atom is 0.338 e. The monoisotopic (exact) mass is 231 g/mol. The van der Waals surface area contributed by atoms with Crippen molar-refractivity contribution in [3.05, 3.63) is 34.9 Å². The van der Waals surface area contributed by atoms with Crippen molar-refractivity contribution >= 4 is 5.97 Å². The Bertz CT molecular complexity index is 490. The summed E-state index contributed by atoms with van der Waals surface area (Å²) in [5.74, 6) is -0.318. The second-order valence-electron chi connectivity index (χ2n) is 3.91. The number of benzene rings is 1. The maximum absolute atomic E-state index is 11.4. The molecule has 0 radical (unpaired) electrons. The third kappa shape index (κ3) is 2.29. The van der Waals surface area contributed by atoms with Crippen molar-refractivity contribution in [1.29, 1.82) is 5.26 Å². The van der Waals surface area contributed by atoms with Crippen molar-refractivity contribution in [1.82, 2.24) is 0 Å². The summed E-state index contributed by atoms with van der Waals surface area (Å²) < 4.78 is 10.2. The summed E-state index contributed by atoms with van der Waals surface area (Å²) in [6.07, 6.45) is -0.705. The van der Waals surface area contributed by atoms with Crippen molar-refractivity contribution in [2.45, 2.75) is 26.1 Å². The van der Waals surface area contributed by atoms with E-state index in [1.165, 1.54) is 0 Å². The van der Waals surface area contributed by atoms with Crippen LogP contribution in [0.4, 0.5) is 0 Å². The third-order valence-electron chi connectivity index (χ3n) is 2.72. The van der Waals surface area contributed by atoms with E-state index in [0.29, 0.717) is 12.2 Å². The number of esters is 1. The molecule has 0 amide bonds. The number of carbonyl (C=O) groups is 1. The third-order valence-corrected chi connectivity index (χ3v) is 2.72. The van der Waals surface area contributed by atoms with Gasteiger partial charge in [-0.3, -0.25) is 0 Å². The number of hydrogen-bond acceptors (Lipinski definition) is 4. The molecule has 1 aliphatic heterocycles. The quantitative estimate of drug-likeness (QED) is 0.588. The first-order chi connectivity index (χ1) is 8.17. The summed E-state index contributed by atoms with van der Waals surface area (Å²) in [5, 5.41) is 8.76. The molecule has 4 heteroatoms. The number of nitriles is 1. The molecule has 88 valence electrons. The van der Waals surface area contributed by atoms with E-state index in [0.717, 1.165) is 11.1 Å². The average Bonchev–Trinajstić information content (AvgIpc) is 3.09. The first kappa shape index (κ1) is 11.6. The molecule has 0 unspecified atom stereocenters. The maximum atomic E-state index is 11.4. The number of aryl methyl sites for hydroxylation is 1. The van der Waals surface area contributed by atoms with E-state index < -0.39 is 6.10 Å². The van der Waals surface area contributed by atoms with Gasteiger partial charge in [0.1, 0.15) is 6.10 Å². The SMILES string of the molecule is CCOC(=O)[C@@H]1O[C@@H]1c1ccc(C#N)cc1C.